The number of halogens is 3. The predicted molar refractivity (Wildman–Crippen MR) is 220 cm³/mol. The van der Waals surface area contributed by atoms with Gasteiger partial charge in [0.1, 0.15) is 30.8 Å². The first-order valence-corrected chi connectivity index (χ1v) is 19.5. The Morgan fingerprint density at radius 2 is 1.53 bits per heavy atom. The summed E-state index contributed by atoms with van der Waals surface area (Å²) in [4.78, 5) is 29.3. The number of nitrogens with one attached hydrogen (secondary N) is 1. The van der Waals surface area contributed by atoms with E-state index < -0.39 is 23.9 Å². The standard InChI is InChI=1S/C47H36Cl2FN3O5/c48-39-18-9-31(21-40(39)49)27-56-37-16-14-34(15-17-37)45-28-57-43-23-35-22-42(53(26-36(35)24-44(43)58-45)47(55)38-3-1-2-4-41(38)50)46(54)52-20-19-29-5-10-32(11-6-29)33-12-7-30(25-51)8-13-33/h1-18,21,23-24,42,45H,19-20,22,26-28H2,(H,52,54). The molecule has 58 heavy (non-hydrogen) atoms. The summed E-state index contributed by atoms with van der Waals surface area (Å²) in [6, 6.07) is 39.1. The van der Waals surface area contributed by atoms with Crippen molar-refractivity contribution in [2.24, 2.45) is 0 Å². The van der Waals surface area contributed by atoms with E-state index >= 15 is 0 Å². The van der Waals surface area contributed by atoms with Crippen molar-refractivity contribution in [3.05, 3.63) is 182 Å². The molecule has 0 fully saturated rings. The van der Waals surface area contributed by atoms with Gasteiger partial charge in [0, 0.05) is 19.5 Å². The fourth-order valence-corrected chi connectivity index (χ4v) is 7.50. The lowest BCUT2D eigenvalue weighted by molar-refractivity contribution is -0.126. The van der Waals surface area contributed by atoms with Crippen molar-refractivity contribution in [3.8, 4) is 34.4 Å². The lowest BCUT2D eigenvalue weighted by Crippen LogP contribution is -2.53. The van der Waals surface area contributed by atoms with Gasteiger partial charge in [0.25, 0.3) is 5.91 Å². The molecule has 0 aromatic heterocycles. The SMILES string of the molecule is N#Cc1ccc(-c2ccc(CCNC(=O)C3Cc4cc5c(cc4CN3C(=O)c3ccccc3F)OC(c3ccc(OCc4ccc(Cl)c(Cl)c4)cc3)CO5)cc2)cc1. The molecule has 2 aliphatic heterocycles. The summed E-state index contributed by atoms with van der Waals surface area (Å²) in [5.41, 5.74) is 6.96. The summed E-state index contributed by atoms with van der Waals surface area (Å²) in [5, 5.41) is 13.1. The van der Waals surface area contributed by atoms with Crippen LogP contribution in [0.4, 0.5) is 4.39 Å². The number of nitriles is 1. The molecular formula is C47H36Cl2FN3O5. The number of benzene rings is 6. The Morgan fingerprint density at radius 3 is 2.26 bits per heavy atom. The summed E-state index contributed by atoms with van der Waals surface area (Å²) in [6.07, 6.45) is 0.378. The molecule has 11 heteroatoms. The Morgan fingerprint density at radius 1 is 0.828 bits per heavy atom. The van der Waals surface area contributed by atoms with Gasteiger partial charge in [0.05, 0.1) is 27.2 Å². The summed E-state index contributed by atoms with van der Waals surface area (Å²) in [6.45, 7) is 1.01. The van der Waals surface area contributed by atoms with Crippen LogP contribution in [0.25, 0.3) is 11.1 Å². The van der Waals surface area contributed by atoms with Gasteiger partial charge in [0.2, 0.25) is 5.91 Å². The lowest BCUT2D eigenvalue weighted by atomic mass is 9.91. The summed E-state index contributed by atoms with van der Waals surface area (Å²) < 4.78 is 33.6. The highest BCUT2D eigenvalue weighted by molar-refractivity contribution is 6.42. The molecule has 2 aliphatic rings. The van der Waals surface area contributed by atoms with Crippen molar-refractivity contribution in [1.82, 2.24) is 10.2 Å². The molecule has 2 heterocycles. The minimum Gasteiger partial charge on any atom is -0.489 e. The van der Waals surface area contributed by atoms with E-state index in [9.17, 15) is 14.0 Å². The summed E-state index contributed by atoms with van der Waals surface area (Å²) >= 11 is 12.2. The van der Waals surface area contributed by atoms with Gasteiger partial charge in [-0.25, -0.2) is 4.39 Å². The average molecular weight is 813 g/mol. The van der Waals surface area contributed by atoms with Crippen LogP contribution >= 0.6 is 23.2 Å². The Bertz CT molecular complexity index is 2520. The first-order chi connectivity index (χ1) is 28.2. The summed E-state index contributed by atoms with van der Waals surface area (Å²) in [7, 11) is 0. The molecular weight excluding hydrogens is 776 g/mol. The molecule has 290 valence electrons. The molecule has 1 N–H and O–H groups in total. The van der Waals surface area contributed by atoms with Crippen LogP contribution in [0.5, 0.6) is 17.2 Å². The lowest BCUT2D eigenvalue weighted by Gasteiger charge is -2.37. The fraction of sp³-hybridized carbons (Fsp3) is 0.170. The molecule has 8 nitrogen and oxygen atoms in total. The van der Waals surface area contributed by atoms with Crippen LogP contribution in [0, 0.1) is 17.1 Å². The van der Waals surface area contributed by atoms with Gasteiger partial charge in [-0.2, -0.15) is 5.26 Å². The second kappa shape index (κ2) is 17.0. The van der Waals surface area contributed by atoms with E-state index in [0.717, 1.165) is 38.9 Å². The zero-order chi connectivity index (χ0) is 40.2. The first kappa shape index (κ1) is 38.5. The number of carbonyl (C=O) groups excluding carboxylic acids is 2. The second-order valence-corrected chi connectivity index (χ2v) is 15.0. The zero-order valence-electron chi connectivity index (χ0n) is 31.1. The quantitative estimate of drug-likeness (QED) is 0.148. The van der Waals surface area contributed by atoms with Crippen LogP contribution in [0.3, 0.4) is 0 Å². The third-order valence-corrected chi connectivity index (χ3v) is 11.1. The largest absolute Gasteiger partial charge is 0.489 e. The van der Waals surface area contributed by atoms with Gasteiger partial charge < -0.3 is 24.4 Å². The highest BCUT2D eigenvalue weighted by Crippen LogP contribution is 2.41. The number of hydrogen-bond donors (Lipinski definition) is 1. The molecule has 2 atom stereocenters. The number of rotatable bonds is 10. The molecule has 0 saturated heterocycles. The Balaban J connectivity index is 0.946. The Hall–Kier alpha value is -6.34. The predicted octanol–water partition coefficient (Wildman–Crippen LogP) is 9.69. The number of hydrogen-bond acceptors (Lipinski definition) is 6. The molecule has 6 aromatic carbocycles. The van der Waals surface area contributed by atoms with Crippen molar-refractivity contribution < 1.29 is 28.2 Å². The maximum absolute atomic E-state index is 15.0. The van der Waals surface area contributed by atoms with E-state index in [1.807, 2.05) is 78.9 Å². The Labute approximate surface area is 345 Å². The molecule has 6 aromatic rings. The van der Waals surface area contributed by atoms with Crippen LogP contribution in [0.2, 0.25) is 10.0 Å². The zero-order valence-corrected chi connectivity index (χ0v) is 32.6. The van der Waals surface area contributed by atoms with E-state index in [2.05, 4.69) is 11.4 Å². The van der Waals surface area contributed by atoms with Gasteiger partial charge in [-0.15, -0.1) is 0 Å². The van der Waals surface area contributed by atoms with Gasteiger partial charge in [-0.1, -0.05) is 89.9 Å². The molecule has 0 radical (unpaired) electrons. The van der Waals surface area contributed by atoms with Crippen molar-refractivity contribution in [1.29, 1.82) is 5.26 Å². The number of nitrogens with zero attached hydrogens (tertiary/aromatic N) is 2. The first-order valence-electron chi connectivity index (χ1n) is 18.8. The van der Waals surface area contributed by atoms with Crippen molar-refractivity contribution in [3.63, 3.8) is 0 Å². The van der Waals surface area contributed by atoms with Gasteiger partial charge in [-0.3, -0.25) is 9.59 Å². The molecule has 0 aliphatic carbocycles. The topological polar surface area (TPSA) is 101 Å². The smallest absolute Gasteiger partial charge is 0.257 e. The molecule has 0 spiro atoms. The normalized spacial score (nSPS) is 15.5. The summed E-state index contributed by atoms with van der Waals surface area (Å²) in [5.74, 6) is 0.183. The van der Waals surface area contributed by atoms with Gasteiger partial charge in [-0.05, 0) is 106 Å². The number of ether oxygens (including phenoxy) is 3. The molecule has 2 unspecified atom stereocenters. The second-order valence-electron chi connectivity index (χ2n) is 14.2. The Kier molecular flexibility index (Phi) is 11.3. The molecule has 8 rings (SSSR count). The van der Waals surface area contributed by atoms with Crippen LogP contribution < -0.4 is 19.5 Å². The third kappa shape index (κ3) is 8.49. The third-order valence-electron chi connectivity index (χ3n) is 10.4. The van der Waals surface area contributed by atoms with Crippen LogP contribution in [0.1, 0.15) is 49.8 Å². The van der Waals surface area contributed by atoms with E-state index in [-0.39, 0.29) is 31.0 Å². The van der Waals surface area contributed by atoms with Crippen molar-refractivity contribution >= 4 is 35.0 Å². The van der Waals surface area contributed by atoms with Crippen LogP contribution in [0.15, 0.2) is 127 Å². The van der Waals surface area contributed by atoms with Crippen LogP contribution in [-0.2, 0) is 30.8 Å². The van der Waals surface area contributed by atoms with Gasteiger partial charge in [0.15, 0.2) is 17.6 Å². The average Bonchev–Trinajstić information content (AvgIpc) is 3.26. The minimum atomic E-state index is -0.883. The van der Waals surface area contributed by atoms with Crippen molar-refractivity contribution in [2.75, 3.05) is 13.2 Å². The van der Waals surface area contributed by atoms with Crippen molar-refractivity contribution in [2.45, 2.75) is 38.1 Å². The van der Waals surface area contributed by atoms with E-state index in [1.165, 1.54) is 23.1 Å². The monoisotopic (exact) mass is 811 g/mol. The molecule has 0 saturated carbocycles. The van der Waals surface area contributed by atoms with Gasteiger partial charge >= 0.3 is 0 Å². The minimum absolute atomic E-state index is 0.0730. The maximum Gasteiger partial charge on any atom is 0.257 e. The number of carbonyl (C=O) groups is 2. The fourth-order valence-electron chi connectivity index (χ4n) is 7.18. The molecule has 0 bridgehead atoms. The maximum atomic E-state index is 15.0. The van der Waals surface area contributed by atoms with Crippen LogP contribution in [-0.4, -0.2) is 35.9 Å². The molecule has 2 amide bonds. The number of amides is 2. The van der Waals surface area contributed by atoms with E-state index in [4.69, 9.17) is 42.7 Å². The van der Waals surface area contributed by atoms with E-state index in [1.54, 1.807) is 30.3 Å². The highest BCUT2D eigenvalue weighted by Gasteiger charge is 2.37. The number of fused-ring (bicyclic) bond motifs is 2. The van der Waals surface area contributed by atoms with E-state index in [0.29, 0.717) is 52.4 Å². The highest BCUT2D eigenvalue weighted by atomic mass is 35.5.